The van der Waals surface area contributed by atoms with Gasteiger partial charge in [-0.15, -0.1) is 0 Å². The number of aliphatic carboxylic acids is 1. The number of carbonyl (C=O) groups is 3. The van der Waals surface area contributed by atoms with Crippen LogP contribution in [-0.4, -0.2) is 82.2 Å². The summed E-state index contributed by atoms with van der Waals surface area (Å²) in [4.78, 5) is 42.8. The number of hydrogen-bond donors (Lipinski definition) is 8. The van der Waals surface area contributed by atoms with E-state index in [0.29, 0.717) is 54.2 Å². The van der Waals surface area contributed by atoms with E-state index < -0.39 is 29.8 Å². The Labute approximate surface area is 293 Å². The zero-order valence-electron chi connectivity index (χ0n) is 27.9. The van der Waals surface area contributed by atoms with Crippen LogP contribution in [0.15, 0.2) is 48.9 Å². The monoisotopic (exact) mass is 736 g/mol. The number of hydrogen-bond acceptors (Lipinski definition) is 9. The van der Waals surface area contributed by atoms with Crippen LogP contribution in [0, 0.1) is 17.0 Å². The summed E-state index contributed by atoms with van der Waals surface area (Å²) in [6.45, 7) is 2.79. The van der Waals surface area contributed by atoms with Crippen molar-refractivity contribution in [3.8, 4) is 17.0 Å². The summed E-state index contributed by atoms with van der Waals surface area (Å²) in [6.07, 6.45) is 1.02. The lowest BCUT2D eigenvalue weighted by molar-refractivity contribution is -0.192. The molecule has 0 saturated carbocycles. The van der Waals surface area contributed by atoms with Crippen molar-refractivity contribution in [3.05, 3.63) is 71.7 Å². The van der Waals surface area contributed by atoms with Crippen LogP contribution < -0.4 is 37.5 Å². The van der Waals surface area contributed by atoms with Crippen molar-refractivity contribution in [3.63, 3.8) is 0 Å². The van der Waals surface area contributed by atoms with Gasteiger partial charge >= 0.3 is 12.1 Å². The second kappa shape index (κ2) is 18.3. The Morgan fingerprint density at radius 1 is 1.04 bits per heavy atom. The number of nitrogens with zero attached hydrogens (tertiary/aromatic N) is 3. The largest absolute Gasteiger partial charge is 0.494 e. The number of aryl methyl sites for hydroxylation is 1. The smallest absolute Gasteiger partial charge is 0.490 e. The predicted octanol–water partition coefficient (Wildman–Crippen LogP) is 3.06. The fourth-order valence-electron chi connectivity index (χ4n) is 4.68. The summed E-state index contributed by atoms with van der Waals surface area (Å²) in [5, 5.41) is 25.6. The summed E-state index contributed by atoms with van der Waals surface area (Å²) >= 11 is 0. The minimum atomic E-state index is -5.08. The molecule has 0 aliphatic heterocycles. The number of aromatic nitrogens is 3. The molecule has 0 aliphatic carbocycles. The van der Waals surface area contributed by atoms with E-state index in [-0.39, 0.29) is 42.2 Å². The molecule has 0 radical (unpaired) electrons. The summed E-state index contributed by atoms with van der Waals surface area (Å²) in [6, 6.07) is 7.30. The average molecular weight is 737 g/mol. The topological polar surface area (TPSA) is 235 Å². The van der Waals surface area contributed by atoms with Crippen LogP contribution in [0.3, 0.4) is 0 Å². The number of nitrogens with two attached hydrogens (primary N) is 2. The van der Waals surface area contributed by atoms with Crippen molar-refractivity contribution in [1.29, 1.82) is 5.41 Å². The minimum absolute atomic E-state index is 0.0164. The highest BCUT2D eigenvalue weighted by Crippen LogP contribution is 2.31. The molecule has 0 bridgehead atoms. The summed E-state index contributed by atoms with van der Waals surface area (Å²) < 4.78 is 67.4. The molecule has 4 aromatic rings. The lowest BCUT2D eigenvalue weighted by Gasteiger charge is -2.14. The first-order chi connectivity index (χ1) is 24.6. The van der Waals surface area contributed by atoms with E-state index in [1.54, 1.807) is 22.7 Å². The molecule has 0 spiro atoms. The third-order valence-electron chi connectivity index (χ3n) is 7.26. The summed E-state index contributed by atoms with van der Waals surface area (Å²) in [5.74, 6) is -5.47. The number of amides is 2. The molecule has 20 heteroatoms. The van der Waals surface area contributed by atoms with Crippen LogP contribution in [0.2, 0.25) is 0 Å². The molecule has 2 amide bonds. The molecule has 0 fully saturated rings. The lowest BCUT2D eigenvalue weighted by Crippen LogP contribution is -2.44. The first-order valence-corrected chi connectivity index (χ1v) is 15.5. The standard InChI is InChI=1S/C30H36F2N10O3.C2HF3O2/c1-3-17-15-18(6-7-19(17)28(43)37-11-12-38-29(44)21(33)5-4-10-39-30(34)35)41-26-27-40-16-22(42(27)14-13-36-26)20-8-9-23(45-2)25(32)24(20)31;3-2(4,5)1(6)7/h6-9,13-16,21H,3-5,10-12,33H2,1-2H3,(H,36,41)(H,37,43)(H,38,44)(H4,34,35,39);(H,6,7)/t21-;/m0./s1. The van der Waals surface area contributed by atoms with E-state index >= 15 is 0 Å². The molecular formula is C32H37F5N10O5. The first kappa shape index (κ1) is 40.4. The van der Waals surface area contributed by atoms with Gasteiger partial charge in [-0.05, 0) is 55.2 Å². The number of carbonyl (C=O) groups excluding carboxylic acids is 2. The molecule has 4 rings (SSSR count). The molecule has 0 aliphatic rings. The Morgan fingerprint density at radius 2 is 1.73 bits per heavy atom. The Bertz CT molecular complexity index is 1900. The number of alkyl halides is 3. The number of carboxylic acid groups (broad SMARTS) is 1. The van der Waals surface area contributed by atoms with Gasteiger partial charge in [-0.25, -0.2) is 19.2 Å². The van der Waals surface area contributed by atoms with Crippen molar-refractivity contribution in [1.82, 2.24) is 30.3 Å². The van der Waals surface area contributed by atoms with E-state index in [1.165, 1.54) is 31.6 Å². The Morgan fingerprint density at radius 3 is 2.37 bits per heavy atom. The number of imidazole rings is 1. The second-order valence-electron chi connectivity index (χ2n) is 10.8. The number of carboxylic acids is 1. The van der Waals surface area contributed by atoms with Crippen LogP contribution in [0.25, 0.3) is 16.9 Å². The van der Waals surface area contributed by atoms with E-state index in [1.807, 2.05) is 13.0 Å². The van der Waals surface area contributed by atoms with Gasteiger partial charge in [0, 0.05) is 48.8 Å². The van der Waals surface area contributed by atoms with E-state index in [0.717, 1.165) is 5.56 Å². The molecule has 2 heterocycles. The van der Waals surface area contributed by atoms with Gasteiger partial charge in [0.2, 0.25) is 11.7 Å². The van der Waals surface area contributed by atoms with E-state index in [2.05, 4.69) is 31.2 Å². The predicted molar refractivity (Wildman–Crippen MR) is 180 cm³/mol. The molecule has 2 aromatic carbocycles. The number of ether oxygens (including phenoxy) is 1. The van der Waals surface area contributed by atoms with Gasteiger partial charge in [-0.1, -0.05) is 6.92 Å². The molecule has 1 atom stereocenters. The van der Waals surface area contributed by atoms with E-state index in [9.17, 15) is 31.5 Å². The first-order valence-electron chi connectivity index (χ1n) is 15.5. The minimum Gasteiger partial charge on any atom is -0.494 e. The number of guanidine groups is 1. The quantitative estimate of drug-likeness (QED) is 0.0406. The van der Waals surface area contributed by atoms with Gasteiger partial charge in [0.25, 0.3) is 5.91 Å². The molecule has 52 heavy (non-hydrogen) atoms. The number of halogens is 5. The van der Waals surface area contributed by atoms with Crippen molar-refractivity contribution in [2.75, 3.05) is 32.1 Å². The Balaban J connectivity index is 0.000000944. The maximum Gasteiger partial charge on any atom is 0.490 e. The fourth-order valence-corrected chi connectivity index (χ4v) is 4.68. The van der Waals surface area contributed by atoms with Crippen LogP contribution >= 0.6 is 0 Å². The lowest BCUT2D eigenvalue weighted by atomic mass is 10.0. The van der Waals surface area contributed by atoms with Crippen LogP contribution in [0.5, 0.6) is 5.75 Å². The summed E-state index contributed by atoms with van der Waals surface area (Å²) in [5.41, 5.74) is 13.7. The van der Waals surface area contributed by atoms with Crippen LogP contribution in [0.4, 0.5) is 33.5 Å². The van der Waals surface area contributed by atoms with E-state index in [4.69, 9.17) is 31.5 Å². The number of nitrogens with one attached hydrogen (secondary N) is 5. The van der Waals surface area contributed by atoms with Gasteiger partial charge in [-0.2, -0.15) is 17.6 Å². The highest BCUT2D eigenvalue weighted by molar-refractivity contribution is 5.96. The van der Waals surface area contributed by atoms with Crippen LogP contribution in [-0.2, 0) is 16.0 Å². The molecular weight excluding hydrogens is 699 g/mol. The number of benzene rings is 2. The molecule has 0 unspecified atom stereocenters. The van der Waals surface area contributed by atoms with Crippen molar-refractivity contribution in [2.24, 2.45) is 11.5 Å². The Kier molecular flexibility index (Phi) is 14.2. The third-order valence-corrected chi connectivity index (χ3v) is 7.26. The SMILES string of the molecule is CCc1cc(Nc2nccn3c(-c4ccc(OC)c(F)c4F)cnc23)ccc1C(=O)NCCNC(=O)[C@@H](N)CCCNC(=N)N.O=C(O)C(F)(F)F. The highest BCUT2D eigenvalue weighted by atomic mass is 19.4. The molecule has 2 aromatic heterocycles. The zero-order valence-corrected chi connectivity index (χ0v) is 27.9. The second-order valence-corrected chi connectivity index (χ2v) is 10.8. The molecule has 10 N–H and O–H groups in total. The third kappa shape index (κ3) is 10.7. The Hall–Kier alpha value is -6.05. The normalized spacial score (nSPS) is 11.5. The van der Waals surface area contributed by atoms with Gasteiger partial charge in [0.15, 0.2) is 29.0 Å². The van der Waals surface area contributed by atoms with Gasteiger partial charge in [0.1, 0.15) is 0 Å². The average Bonchev–Trinajstić information content (AvgIpc) is 3.54. The number of fused-ring (bicyclic) bond motifs is 1. The zero-order chi connectivity index (χ0) is 38.6. The van der Waals surface area contributed by atoms with Crippen LogP contribution in [0.1, 0.15) is 35.7 Å². The van der Waals surface area contributed by atoms with Crippen molar-refractivity contribution >= 4 is 40.9 Å². The maximum atomic E-state index is 14.8. The number of anilines is 2. The molecule has 15 nitrogen and oxygen atoms in total. The highest BCUT2D eigenvalue weighted by Gasteiger charge is 2.38. The van der Waals surface area contributed by atoms with Crippen molar-refractivity contribution in [2.45, 2.75) is 38.4 Å². The van der Waals surface area contributed by atoms with Gasteiger partial charge in [-0.3, -0.25) is 19.4 Å². The molecule has 280 valence electrons. The molecule has 0 saturated heterocycles. The number of methoxy groups -OCH3 is 1. The fraction of sp³-hybridized carbons (Fsp3) is 0.312. The van der Waals surface area contributed by atoms with Gasteiger partial charge in [0.05, 0.1) is 25.0 Å². The summed E-state index contributed by atoms with van der Waals surface area (Å²) in [7, 11) is 1.26. The maximum absolute atomic E-state index is 14.8. The van der Waals surface area contributed by atoms with Crippen molar-refractivity contribution < 1.29 is 46.2 Å². The number of rotatable bonds is 14. The van der Waals surface area contributed by atoms with Gasteiger partial charge < -0.3 is 42.6 Å².